The number of hydrogen-bond acceptors (Lipinski definition) is 3. The predicted octanol–water partition coefficient (Wildman–Crippen LogP) is 3.39. The second kappa shape index (κ2) is 8.67. The Morgan fingerprint density at radius 3 is 2.33 bits per heavy atom. The lowest BCUT2D eigenvalue weighted by atomic mass is 10.1. The summed E-state index contributed by atoms with van der Waals surface area (Å²) in [5.74, 6) is 0.0910. The van der Waals surface area contributed by atoms with Gasteiger partial charge in [-0.25, -0.2) is 0 Å². The van der Waals surface area contributed by atoms with E-state index < -0.39 is 0 Å². The maximum Gasteiger partial charge on any atom is 0.307 e. The number of nitrogens with zero attached hydrogens (tertiary/aromatic N) is 1. The van der Waals surface area contributed by atoms with Crippen molar-refractivity contribution in [3.05, 3.63) is 34.9 Å². The molecule has 0 unspecified atom stereocenters. The lowest BCUT2D eigenvalue weighted by Gasteiger charge is -2.23. The van der Waals surface area contributed by atoms with Gasteiger partial charge in [-0.15, -0.1) is 0 Å². The van der Waals surface area contributed by atoms with Gasteiger partial charge in [0.25, 0.3) is 5.91 Å². The van der Waals surface area contributed by atoms with Crippen LogP contribution in [0.5, 0.6) is 0 Å². The molecule has 1 aromatic carbocycles. The van der Waals surface area contributed by atoms with Gasteiger partial charge in [-0.3, -0.25) is 9.59 Å². The van der Waals surface area contributed by atoms with Gasteiger partial charge in [0.1, 0.15) is 0 Å². The summed E-state index contributed by atoms with van der Waals surface area (Å²) in [5, 5.41) is 0.592. The Hall–Kier alpha value is -1.55. The van der Waals surface area contributed by atoms with Gasteiger partial charge in [0.2, 0.25) is 0 Å². The number of halogens is 1. The third-order valence-corrected chi connectivity index (χ3v) is 3.42. The largest absolute Gasteiger partial charge is 0.469 e. The highest BCUT2D eigenvalue weighted by Gasteiger charge is 2.17. The Kier molecular flexibility index (Phi) is 7.23. The van der Waals surface area contributed by atoms with Crippen LogP contribution in [0.25, 0.3) is 0 Å². The highest BCUT2D eigenvalue weighted by atomic mass is 35.5. The molecular weight excluding hydrogens is 290 g/mol. The summed E-state index contributed by atoms with van der Waals surface area (Å²) in [7, 11) is 1.35. The number of amides is 1. The molecule has 0 heterocycles. The fourth-order valence-corrected chi connectivity index (χ4v) is 1.96. The Morgan fingerprint density at radius 2 is 1.81 bits per heavy atom. The van der Waals surface area contributed by atoms with Gasteiger partial charge in [-0.2, -0.15) is 0 Å². The molecule has 0 bridgehead atoms. The molecule has 21 heavy (non-hydrogen) atoms. The maximum absolute atomic E-state index is 12.5. The van der Waals surface area contributed by atoms with E-state index in [4.69, 9.17) is 11.6 Å². The number of carbonyl (C=O) groups excluding carboxylic acids is 2. The number of esters is 1. The number of rotatable bonds is 7. The molecule has 5 heteroatoms. The van der Waals surface area contributed by atoms with Crippen LogP contribution in [-0.4, -0.2) is 37.0 Å². The number of benzene rings is 1. The van der Waals surface area contributed by atoms with Crippen molar-refractivity contribution in [1.82, 2.24) is 4.90 Å². The molecule has 0 saturated carbocycles. The second-order valence-corrected chi connectivity index (χ2v) is 5.74. The van der Waals surface area contributed by atoms with E-state index in [1.54, 1.807) is 29.2 Å². The van der Waals surface area contributed by atoms with Crippen molar-refractivity contribution in [3.63, 3.8) is 0 Å². The molecule has 0 saturated heterocycles. The summed E-state index contributed by atoms with van der Waals surface area (Å²) in [6.07, 6.45) is 1.09. The molecule has 1 amide bonds. The van der Waals surface area contributed by atoms with Gasteiger partial charge < -0.3 is 9.64 Å². The zero-order chi connectivity index (χ0) is 15.8. The molecule has 1 aromatic rings. The number of hydrogen-bond donors (Lipinski definition) is 0. The van der Waals surface area contributed by atoms with E-state index >= 15 is 0 Å². The summed E-state index contributed by atoms with van der Waals surface area (Å²) in [5.41, 5.74) is 0.577. The van der Waals surface area contributed by atoms with Crippen molar-refractivity contribution < 1.29 is 14.3 Å². The van der Waals surface area contributed by atoms with Gasteiger partial charge in [0.05, 0.1) is 13.5 Å². The van der Waals surface area contributed by atoms with Crippen LogP contribution >= 0.6 is 11.6 Å². The van der Waals surface area contributed by atoms with Crippen LogP contribution in [0.3, 0.4) is 0 Å². The topological polar surface area (TPSA) is 46.6 Å². The normalized spacial score (nSPS) is 10.5. The monoisotopic (exact) mass is 311 g/mol. The molecule has 0 aromatic heterocycles. The van der Waals surface area contributed by atoms with Crippen LogP contribution in [0.1, 0.15) is 37.0 Å². The molecule has 4 nitrogen and oxygen atoms in total. The number of ether oxygens (including phenoxy) is 1. The van der Waals surface area contributed by atoms with E-state index in [9.17, 15) is 9.59 Å². The van der Waals surface area contributed by atoms with Crippen molar-refractivity contribution >= 4 is 23.5 Å². The molecule has 0 N–H and O–H groups in total. The van der Waals surface area contributed by atoms with E-state index in [0.29, 0.717) is 29.6 Å². The average Bonchev–Trinajstić information content (AvgIpc) is 2.46. The minimum Gasteiger partial charge on any atom is -0.469 e. The first-order chi connectivity index (χ1) is 9.93. The zero-order valence-electron chi connectivity index (χ0n) is 12.8. The highest BCUT2D eigenvalue weighted by Crippen LogP contribution is 2.13. The summed E-state index contributed by atoms with van der Waals surface area (Å²) in [6.45, 7) is 5.19. The van der Waals surface area contributed by atoms with E-state index in [1.165, 1.54) is 7.11 Å². The smallest absolute Gasteiger partial charge is 0.307 e. The van der Waals surface area contributed by atoms with Crippen LogP contribution in [0.4, 0.5) is 0 Å². The summed E-state index contributed by atoms with van der Waals surface area (Å²) < 4.78 is 4.63. The first kappa shape index (κ1) is 17.5. The Morgan fingerprint density at radius 1 is 1.19 bits per heavy atom. The lowest BCUT2D eigenvalue weighted by Crippen LogP contribution is -2.34. The fourth-order valence-electron chi connectivity index (χ4n) is 1.83. The average molecular weight is 312 g/mol. The predicted molar refractivity (Wildman–Crippen MR) is 83.4 cm³/mol. The second-order valence-electron chi connectivity index (χ2n) is 5.31. The molecule has 0 spiro atoms. The molecule has 1 rings (SSSR count). The van der Waals surface area contributed by atoms with Crippen LogP contribution in [-0.2, 0) is 9.53 Å². The molecule has 0 fully saturated rings. The fraction of sp³-hybridized carbons (Fsp3) is 0.500. The zero-order valence-corrected chi connectivity index (χ0v) is 13.5. The van der Waals surface area contributed by atoms with E-state index in [1.807, 2.05) is 0 Å². The maximum atomic E-state index is 12.5. The van der Waals surface area contributed by atoms with Crippen LogP contribution in [0, 0.1) is 5.92 Å². The minimum atomic E-state index is -0.312. The van der Waals surface area contributed by atoms with Crippen molar-refractivity contribution in [2.75, 3.05) is 20.2 Å². The van der Waals surface area contributed by atoms with Crippen LogP contribution < -0.4 is 0 Å². The van der Waals surface area contributed by atoms with Crippen LogP contribution in [0.2, 0.25) is 5.02 Å². The van der Waals surface area contributed by atoms with E-state index in [0.717, 1.165) is 6.42 Å². The molecular formula is C16H22ClNO3. The molecule has 0 aliphatic rings. The molecule has 0 atom stereocenters. The van der Waals surface area contributed by atoms with Crippen molar-refractivity contribution in [3.8, 4) is 0 Å². The quantitative estimate of drug-likeness (QED) is 0.725. The number of methoxy groups -OCH3 is 1. The third kappa shape index (κ3) is 6.17. The first-order valence-electron chi connectivity index (χ1n) is 7.05. The summed E-state index contributed by atoms with van der Waals surface area (Å²) in [4.78, 5) is 25.5. The Bertz CT molecular complexity index is 471. The summed E-state index contributed by atoms with van der Waals surface area (Å²) >= 11 is 5.83. The summed E-state index contributed by atoms with van der Waals surface area (Å²) in [6, 6.07) is 6.78. The SMILES string of the molecule is COC(=O)CCN(CCC(C)C)C(=O)c1ccc(Cl)cc1. The van der Waals surface area contributed by atoms with E-state index in [2.05, 4.69) is 18.6 Å². The standard InChI is InChI=1S/C16H22ClNO3/c1-12(2)8-10-18(11-9-15(19)21-3)16(20)13-4-6-14(17)7-5-13/h4-7,12H,8-11H2,1-3H3. The highest BCUT2D eigenvalue weighted by molar-refractivity contribution is 6.30. The van der Waals surface area contributed by atoms with Gasteiger partial charge >= 0.3 is 5.97 Å². The Balaban J connectivity index is 2.75. The van der Waals surface area contributed by atoms with Crippen LogP contribution in [0.15, 0.2) is 24.3 Å². The molecule has 0 radical (unpaired) electrons. The Labute approximate surface area is 131 Å². The van der Waals surface area contributed by atoms with Gasteiger partial charge in [-0.05, 0) is 36.6 Å². The molecule has 116 valence electrons. The van der Waals surface area contributed by atoms with Crippen molar-refractivity contribution in [1.29, 1.82) is 0 Å². The van der Waals surface area contributed by atoms with Gasteiger partial charge in [0, 0.05) is 23.7 Å². The van der Waals surface area contributed by atoms with Crippen molar-refractivity contribution in [2.24, 2.45) is 5.92 Å². The molecule has 0 aliphatic heterocycles. The third-order valence-electron chi connectivity index (χ3n) is 3.17. The molecule has 0 aliphatic carbocycles. The van der Waals surface area contributed by atoms with Gasteiger partial charge in [0.15, 0.2) is 0 Å². The number of carbonyl (C=O) groups is 2. The lowest BCUT2D eigenvalue weighted by molar-refractivity contribution is -0.140. The van der Waals surface area contributed by atoms with Crippen molar-refractivity contribution in [2.45, 2.75) is 26.7 Å². The minimum absolute atomic E-state index is 0.0868. The van der Waals surface area contributed by atoms with Gasteiger partial charge in [-0.1, -0.05) is 25.4 Å². The van der Waals surface area contributed by atoms with E-state index in [-0.39, 0.29) is 18.3 Å². The first-order valence-corrected chi connectivity index (χ1v) is 7.43.